The number of rotatable bonds is 3. The summed E-state index contributed by atoms with van der Waals surface area (Å²) in [7, 11) is 0. The molecule has 0 aromatic heterocycles. The smallest absolute Gasteiger partial charge is 0.255 e. The molecule has 4 aliphatic heterocycles. The maximum absolute atomic E-state index is 13.0. The lowest BCUT2D eigenvalue weighted by molar-refractivity contribution is -0.136. The summed E-state index contributed by atoms with van der Waals surface area (Å²) in [6, 6.07) is 6.19. The fourth-order valence-electron chi connectivity index (χ4n) is 5.40. The molecule has 0 spiro atoms. The minimum absolute atomic E-state index is 0.0935. The molecule has 1 aromatic carbocycles. The van der Waals surface area contributed by atoms with Crippen LogP contribution in [0.3, 0.4) is 0 Å². The Morgan fingerprint density at radius 3 is 2.86 bits per heavy atom. The van der Waals surface area contributed by atoms with Gasteiger partial charge in [-0.1, -0.05) is 12.1 Å². The van der Waals surface area contributed by atoms with Crippen LogP contribution in [0.5, 0.6) is 0 Å². The number of hydrogen-bond donors (Lipinski definition) is 2. The van der Waals surface area contributed by atoms with Gasteiger partial charge in [0.2, 0.25) is 11.8 Å². The minimum Gasteiger partial charge on any atom is -0.322 e. The fourth-order valence-corrected chi connectivity index (χ4v) is 5.40. The SMILES string of the molecule is O=C1CCC(N2Cc3ccc(CN4CCC5CCCNC5C4)cc3C2=O)C(=O)N1. The van der Waals surface area contributed by atoms with E-state index in [-0.39, 0.29) is 24.1 Å². The van der Waals surface area contributed by atoms with E-state index in [4.69, 9.17) is 0 Å². The minimum atomic E-state index is -0.549. The van der Waals surface area contributed by atoms with E-state index in [1.165, 1.54) is 19.3 Å². The average Bonchev–Trinajstić information content (AvgIpc) is 3.04. The number of nitrogens with one attached hydrogen (secondary N) is 2. The van der Waals surface area contributed by atoms with Gasteiger partial charge in [0.1, 0.15) is 6.04 Å². The van der Waals surface area contributed by atoms with Crippen LogP contribution in [0.4, 0.5) is 0 Å². The van der Waals surface area contributed by atoms with Gasteiger partial charge in [-0.25, -0.2) is 0 Å². The number of fused-ring (bicyclic) bond motifs is 2. The first-order valence-electron chi connectivity index (χ1n) is 10.8. The van der Waals surface area contributed by atoms with Gasteiger partial charge < -0.3 is 10.2 Å². The molecule has 7 nitrogen and oxygen atoms in total. The van der Waals surface area contributed by atoms with Crippen LogP contribution < -0.4 is 10.6 Å². The molecule has 4 heterocycles. The van der Waals surface area contributed by atoms with Gasteiger partial charge in [-0.15, -0.1) is 0 Å². The Kier molecular flexibility index (Phi) is 4.87. The molecule has 0 aliphatic carbocycles. The maximum atomic E-state index is 13.0. The predicted molar refractivity (Wildman–Crippen MR) is 107 cm³/mol. The first kappa shape index (κ1) is 18.8. The predicted octanol–water partition coefficient (Wildman–Crippen LogP) is 1.02. The molecule has 3 fully saturated rings. The molecule has 3 atom stereocenters. The van der Waals surface area contributed by atoms with Crippen molar-refractivity contribution in [2.75, 3.05) is 19.6 Å². The average molecular weight is 396 g/mol. The zero-order valence-electron chi connectivity index (χ0n) is 16.7. The summed E-state index contributed by atoms with van der Waals surface area (Å²) in [6.07, 6.45) is 4.56. The first-order chi connectivity index (χ1) is 14.1. The standard InChI is InChI=1S/C22H28N4O3/c27-20-6-5-19(21(28)24-20)26-12-16-4-3-14(10-17(16)22(26)29)11-25-9-7-15-2-1-8-23-18(15)13-25/h3-4,10,15,18-19,23H,1-2,5-9,11-13H2,(H,24,27,28). The third kappa shape index (κ3) is 3.57. The number of carbonyl (C=O) groups is 3. The Hall–Kier alpha value is -2.25. The van der Waals surface area contributed by atoms with Gasteiger partial charge in [-0.05, 0) is 61.9 Å². The lowest BCUT2D eigenvalue weighted by atomic mass is 9.85. The molecule has 4 aliphatic rings. The van der Waals surface area contributed by atoms with Gasteiger partial charge in [0, 0.05) is 37.7 Å². The Bertz CT molecular complexity index is 854. The molecular weight excluding hydrogens is 368 g/mol. The molecule has 3 unspecified atom stereocenters. The van der Waals surface area contributed by atoms with Crippen LogP contribution in [0.15, 0.2) is 18.2 Å². The van der Waals surface area contributed by atoms with Gasteiger partial charge in [-0.3, -0.25) is 24.6 Å². The number of piperidine rings is 3. The molecular formula is C22H28N4O3. The molecule has 0 saturated carbocycles. The zero-order valence-corrected chi connectivity index (χ0v) is 16.7. The van der Waals surface area contributed by atoms with E-state index in [0.717, 1.165) is 43.2 Å². The quantitative estimate of drug-likeness (QED) is 0.746. The summed E-state index contributed by atoms with van der Waals surface area (Å²) < 4.78 is 0. The van der Waals surface area contributed by atoms with Gasteiger partial charge in [0.25, 0.3) is 5.91 Å². The molecule has 2 N–H and O–H groups in total. The monoisotopic (exact) mass is 396 g/mol. The highest BCUT2D eigenvalue weighted by molar-refractivity contribution is 6.05. The number of imide groups is 1. The van der Waals surface area contributed by atoms with Crippen molar-refractivity contribution in [1.29, 1.82) is 0 Å². The van der Waals surface area contributed by atoms with Crippen molar-refractivity contribution < 1.29 is 14.4 Å². The summed E-state index contributed by atoms with van der Waals surface area (Å²) in [6.45, 7) is 4.59. The summed E-state index contributed by atoms with van der Waals surface area (Å²) in [5.74, 6) is 0.104. The van der Waals surface area contributed by atoms with E-state index in [2.05, 4.69) is 21.6 Å². The molecule has 5 rings (SSSR count). The van der Waals surface area contributed by atoms with Crippen molar-refractivity contribution >= 4 is 17.7 Å². The van der Waals surface area contributed by atoms with Crippen molar-refractivity contribution in [2.24, 2.45) is 5.92 Å². The van der Waals surface area contributed by atoms with Crippen LogP contribution in [0.1, 0.15) is 53.6 Å². The van der Waals surface area contributed by atoms with E-state index in [0.29, 0.717) is 24.6 Å². The van der Waals surface area contributed by atoms with Crippen LogP contribution in [-0.4, -0.2) is 59.2 Å². The second kappa shape index (κ2) is 7.54. The van der Waals surface area contributed by atoms with Gasteiger partial charge in [-0.2, -0.15) is 0 Å². The Labute approximate surface area is 170 Å². The highest BCUT2D eigenvalue weighted by Gasteiger charge is 2.39. The van der Waals surface area contributed by atoms with Gasteiger partial charge in [0.15, 0.2) is 0 Å². The summed E-state index contributed by atoms with van der Waals surface area (Å²) in [4.78, 5) is 40.7. The van der Waals surface area contributed by atoms with E-state index in [1.54, 1.807) is 4.90 Å². The molecule has 0 bridgehead atoms. The number of amides is 3. The zero-order chi connectivity index (χ0) is 20.0. The van der Waals surface area contributed by atoms with E-state index < -0.39 is 6.04 Å². The molecule has 7 heteroatoms. The lowest BCUT2D eigenvalue weighted by Crippen LogP contribution is -2.53. The first-order valence-corrected chi connectivity index (χ1v) is 10.8. The molecule has 0 radical (unpaired) electrons. The number of benzene rings is 1. The number of likely N-dealkylation sites (tertiary alicyclic amines) is 1. The highest BCUT2D eigenvalue weighted by Crippen LogP contribution is 2.30. The second-order valence-electron chi connectivity index (χ2n) is 8.88. The lowest BCUT2D eigenvalue weighted by Gasteiger charge is -2.41. The third-order valence-electron chi connectivity index (χ3n) is 7.00. The van der Waals surface area contributed by atoms with Crippen LogP contribution >= 0.6 is 0 Å². The largest absolute Gasteiger partial charge is 0.322 e. The van der Waals surface area contributed by atoms with E-state index in [1.807, 2.05) is 12.1 Å². The highest BCUT2D eigenvalue weighted by atomic mass is 16.2. The Morgan fingerprint density at radius 2 is 2.00 bits per heavy atom. The van der Waals surface area contributed by atoms with Crippen LogP contribution in [-0.2, 0) is 22.7 Å². The van der Waals surface area contributed by atoms with Crippen LogP contribution in [0.2, 0.25) is 0 Å². The van der Waals surface area contributed by atoms with Gasteiger partial charge in [0.05, 0.1) is 0 Å². The summed E-state index contributed by atoms with van der Waals surface area (Å²) in [5, 5.41) is 6.03. The van der Waals surface area contributed by atoms with Crippen LogP contribution in [0, 0.1) is 5.92 Å². The molecule has 154 valence electrons. The fraction of sp³-hybridized carbons (Fsp3) is 0.591. The van der Waals surface area contributed by atoms with Crippen molar-refractivity contribution in [2.45, 2.75) is 57.3 Å². The number of hydrogen-bond acceptors (Lipinski definition) is 5. The maximum Gasteiger partial charge on any atom is 0.255 e. The third-order valence-corrected chi connectivity index (χ3v) is 7.00. The van der Waals surface area contributed by atoms with Gasteiger partial charge >= 0.3 is 0 Å². The molecule has 29 heavy (non-hydrogen) atoms. The number of nitrogens with zero attached hydrogens (tertiary/aromatic N) is 2. The number of carbonyl (C=O) groups excluding carboxylic acids is 3. The second-order valence-corrected chi connectivity index (χ2v) is 8.88. The Morgan fingerprint density at radius 1 is 1.10 bits per heavy atom. The molecule has 3 saturated heterocycles. The van der Waals surface area contributed by atoms with Crippen LogP contribution in [0.25, 0.3) is 0 Å². The van der Waals surface area contributed by atoms with E-state index >= 15 is 0 Å². The van der Waals surface area contributed by atoms with Crippen molar-refractivity contribution in [3.63, 3.8) is 0 Å². The summed E-state index contributed by atoms with van der Waals surface area (Å²) in [5.41, 5.74) is 2.82. The Balaban J connectivity index is 1.27. The normalized spacial score (nSPS) is 30.1. The summed E-state index contributed by atoms with van der Waals surface area (Å²) >= 11 is 0. The topological polar surface area (TPSA) is 81.8 Å². The van der Waals surface area contributed by atoms with E-state index in [9.17, 15) is 14.4 Å². The van der Waals surface area contributed by atoms with Crippen molar-refractivity contribution in [1.82, 2.24) is 20.4 Å². The molecule has 3 amide bonds. The van der Waals surface area contributed by atoms with Crippen molar-refractivity contribution in [3.8, 4) is 0 Å². The van der Waals surface area contributed by atoms with Crippen molar-refractivity contribution in [3.05, 3.63) is 34.9 Å². The molecule has 1 aromatic rings.